The molecule has 1 rings (SSSR count). The van der Waals surface area contributed by atoms with E-state index in [0.29, 0.717) is 0 Å². The van der Waals surface area contributed by atoms with Crippen LogP contribution in [0.5, 0.6) is 0 Å². The molecule has 0 saturated heterocycles. The maximum atomic E-state index is 10.7. The van der Waals surface area contributed by atoms with Crippen LogP contribution in [0.1, 0.15) is 13.3 Å². The molecule has 11 heavy (non-hydrogen) atoms. The number of nitrogens with two attached hydrogens (primary N) is 1. The lowest BCUT2D eigenvalue weighted by molar-refractivity contribution is 0.471. The summed E-state index contributed by atoms with van der Waals surface area (Å²) in [5.74, 6) is 0.226. The van der Waals surface area contributed by atoms with Gasteiger partial charge < -0.3 is 5.73 Å². The average Bonchev–Trinajstić information content (AvgIpc) is 2.61. The fourth-order valence-corrected chi connectivity index (χ4v) is 2.02. The minimum Gasteiger partial charge on any atom is -0.321 e. The third-order valence-corrected chi connectivity index (χ3v) is 3.64. The van der Waals surface area contributed by atoms with Gasteiger partial charge in [-0.05, 0) is 17.9 Å². The summed E-state index contributed by atoms with van der Waals surface area (Å²) in [6.07, 6.45) is 2.55. The first-order valence-electron chi connectivity index (χ1n) is 3.59. The number of hydrogen-bond acceptors (Lipinski definition) is 2. The molecule has 4 heteroatoms. The van der Waals surface area contributed by atoms with Gasteiger partial charge in [-0.2, -0.15) is 4.89 Å². The van der Waals surface area contributed by atoms with Gasteiger partial charge in [0.05, 0.1) is 5.54 Å². The van der Waals surface area contributed by atoms with Crippen molar-refractivity contribution < 1.29 is 9.46 Å². The maximum Gasteiger partial charge on any atom is 0.510 e. The Labute approximate surface area is 67.2 Å². The van der Waals surface area contributed by atoms with Crippen molar-refractivity contribution in [1.29, 1.82) is 0 Å². The highest BCUT2D eigenvalue weighted by Gasteiger charge is 2.60. The summed E-state index contributed by atoms with van der Waals surface area (Å²) < 4.78 is 10.7. The van der Waals surface area contributed by atoms with Crippen molar-refractivity contribution in [2.45, 2.75) is 24.5 Å². The van der Waals surface area contributed by atoms with E-state index in [-0.39, 0.29) is 11.6 Å². The van der Waals surface area contributed by atoms with Crippen molar-refractivity contribution in [2.24, 2.45) is 11.7 Å². The molecule has 0 heterocycles. The predicted octanol–water partition coefficient (Wildman–Crippen LogP) is 1.01. The van der Waals surface area contributed by atoms with Crippen LogP contribution < -0.4 is 5.73 Å². The van der Waals surface area contributed by atoms with Gasteiger partial charge in [0.25, 0.3) is 0 Å². The summed E-state index contributed by atoms with van der Waals surface area (Å²) in [7, 11) is -2.14. The standard InChI is InChI=1S/C7H12NO2P/c1-3-6-4-7(6,8)5(2)11(9)10/h3,5-6H,1,4,8H2,2H3/p+1/t5?,6-,7+/m0/s1. The molecule has 0 aliphatic heterocycles. The van der Waals surface area contributed by atoms with Crippen LogP contribution in [0.15, 0.2) is 12.7 Å². The van der Waals surface area contributed by atoms with Crippen LogP contribution in [0, 0.1) is 5.92 Å². The molecule has 2 unspecified atom stereocenters. The monoisotopic (exact) mass is 174 g/mol. The van der Waals surface area contributed by atoms with E-state index in [9.17, 15) is 4.57 Å². The van der Waals surface area contributed by atoms with Crippen LogP contribution in [0.3, 0.4) is 0 Å². The van der Waals surface area contributed by atoms with E-state index in [1.807, 2.05) is 0 Å². The summed E-state index contributed by atoms with van der Waals surface area (Å²) in [5.41, 5.74) is 5.06. The number of rotatable bonds is 3. The van der Waals surface area contributed by atoms with E-state index >= 15 is 0 Å². The fraction of sp³-hybridized carbons (Fsp3) is 0.714. The molecule has 4 atom stereocenters. The molecule has 3 N–H and O–H groups in total. The number of hydrogen-bond donors (Lipinski definition) is 2. The molecule has 1 saturated carbocycles. The topological polar surface area (TPSA) is 63.3 Å². The lowest BCUT2D eigenvalue weighted by Crippen LogP contribution is -2.34. The minimum absolute atomic E-state index is 0.226. The predicted molar refractivity (Wildman–Crippen MR) is 44.5 cm³/mol. The van der Waals surface area contributed by atoms with E-state index < -0.39 is 13.6 Å². The van der Waals surface area contributed by atoms with Crippen molar-refractivity contribution in [3.05, 3.63) is 12.7 Å². The quantitative estimate of drug-likeness (QED) is 0.495. The Morgan fingerprint density at radius 1 is 2.00 bits per heavy atom. The van der Waals surface area contributed by atoms with Gasteiger partial charge in [-0.1, -0.05) is 6.08 Å². The molecule has 1 aliphatic carbocycles. The van der Waals surface area contributed by atoms with Crippen LogP contribution in [-0.4, -0.2) is 16.1 Å². The second-order valence-corrected chi connectivity index (χ2v) is 4.52. The first-order chi connectivity index (χ1) is 5.02. The van der Waals surface area contributed by atoms with E-state index in [4.69, 9.17) is 10.6 Å². The third kappa shape index (κ3) is 1.36. The molecule has 1 fully saturated rings. The summed E-state index contributed by atoms with van der Waals surface area (Å²) in [5, 5.41) is 0. The molecule has 0 radical (unpaired) electrons. The van der Waals surface area contributed by atoms with E-state index in [0.717, 1.165) is 6.42 Å². The summed E-state index contributed by atoms with van der Waals surface area (Å²) in [6, 6.07) is 0. The van der Waals surface area contributed by atoms with E-state index in [1.54, 1.807) is 13.0 Å². The highest BCUT2D eigenvalue weighted by molar-refractivity contribution is 7.39. The molecule has 0 spiro atoms. The lowest BCUT2D eigenvalue weighted by atomic mass is 10.1. The maximum absolute atomic E-state index is 10.7. The van der Waals surface area contributed by atoms with Gasteiger partial charge in [0.15, 0.2) is 0 Å². The summed E-state index contributed by atoms with van der Waals surface area (Å²) >= 11 is 0. The van der Waals surface area contributed by atoms with E-state index in [2.05, 4.69) is 6.58 Å². The van der Waals surface area contributed by atoms with Crippen LogP contribution in [0.4, 0.5) is 0 Å². The van der Waals surface area contributed by atoms with Crippen molar-refractivity contribution in [1.82, 2.24) is 0 Å². The molecule has 1 aliphatic rings. The zero-order valence-corrected chi connectivity index (χ0v) is 7.42. The Morgan fingerprint density at radius 3 is 2.82 bits per heavy atom. The van der Waals surface area contributed by atoms with Crippen molar-refractivity contribution in [3.63, 3.8) is 0 Å². The molecule has 3 nitrogen and oxygen atoms in total. The van der Waals surface area contributed by atoms with Gasteiger partial charge in [-0.3, -0.25) is 0 Å². The summed E-state index contributed by atoms with van der Waals surface area (Å²) in [4.78, 5) is 8.80. The highest BCUT2D eigenvalue weighted by Crippen LogP contribution is 2.50. The molecule has 0 amide bonds. The third-order valence-electron chi connectivity index (χ3n) is 2.50. The second kappa shape index (κ2) is 2.67. The van der Waals surface area contributed by atoms with Crippen molar-refractivity contribution in [2.75, 3.05) is 0 Å². The lowest BCUT2D eigenvalue weighted by Gasteiger charge is -2.06. The Balaban J connectivity index is 2.62. The fourth-order valence-electron chi connectivity index (χ4n) is 1.31. The molecule has 62 valence electrons. The molecule has 0 aromatic carbocycles. The average molecular weight is 174 g/mol. The first-order valence-corrected chi connectivity index (χ1v) is 4.87. The Bertz CT molecular complexity index is 207. The summed E-state index contributed by atoms with van der Waals surface area (Å²) in [6.45, 7) is 5.31. The van der Waals surface area contributed by atoms with Crippen LogP contribution >= 0.6 is 8.03 Å². The van der Waals surface area contributed by atoms with Gasteiger partial charge in [0, 0.05) is 5.92 Å². The SMILES string of the molecule is C=C[C@H]1C[C@@]1(N)C(C)[P+](=O)O. The zero-order chi connectivity index (χ0) is 8.65. The van der Waals surface area contributed by atoms with Gasteiger partial charge >= 0.3 is 8.03 Å². The van der Waals surface area contributed by atoms with Gasteiger partial charge in [0.1, 0.15) is 0 Å². The molecule has 0 aromatic rings. The molecular formula is C7H13NO2P+. The van der Waals surface area contributed by atoms with Gasteiger partial charge in [0.2, 0.25) is 5.66 Å². The Hall–Kier alpha value is -0.240. The smallest absolute Gasteiger partial charge is 0.321 e. The molecular weight excluding hydrogens is 161 g/mol. The zero-order valence-electron chi connectivity index (χ0n) is 6.53. The van der Waals surface area contributed by atoms with Crippen LogP contribution in [-0.2, 0) is 4.57 Å². The first kappa shape index (κ1) is 8.85. The molecule has 0 bridgehead atoms. The Kier molecular flexibility index (Phi) is 2.15. The van der Waals surface area contributed by atoms with Crippen LogP contribution in [0.25, 0.3) is 0 Å². The van der Waals surface area contributed by atoms with Gasteiger partial charge in [-0.25, -0.2) is 0 Å². The largest absolute Gasteiger partial charge is 0.510 e. The minimum atomic E-state index is -2.14. The van der Waals surface area contributed by atoms with Crippen molar-refractivity contribution >= 4 is 8.03 Å². The second-order valence-electron chi connectivity index (χ2n) is 3.14. The highest BCUT2D eigenvalue weighted by atomic mass is 31.1. The van der Waals surface area contributed by atoms with E-state index in [1.165, 1.54) is 0 Å². The van der Waals surface area contributed by atoms with Crippen LogP contribution in [0.2, 0.25) is 0 Å². The molecule has 0 aromatic heterocycles. The normalized spacial score (nSPS) is 39.5. The van der Waals surface area contributed by atoms with Crippen molar-refractivity contribution in [3.8, 4) is 0 Å². The Morgan fingerprint density at radius 2 is 2.55 bits per heavy atom. The van der Waals surface area contributed by atoms with Gasteiger partial charge in [-0.15, -0.1) is 6.58 Å².